The Balaban J connectivity index is 1.84. The first-order valence-corrected chi connectivity index (χ1v) is 6.22. The Labute approximate surface area is 111 Å². The van der Waals surface area contributed by atoms with Gasteiger partial charge in [0.25, 0.3) is 0 Å². The summed E-state index contributed by atoms with van der Waals surface area (Å²) >= 11 is 0. The number of benzene rings is 1. The molecule has 0 aromatic heterocycles. The molecule has 0 heterocycles. The Kier molecular flexibility index (Phi) is 4.31. The van der Waals surface area contributed by atoms with Crippen LogP contribution in [-0.2, 0) is 0 Å². The van der Waals surface area contributed by atoms with Gasteiger partial charge in [-0.1, -0.05) is 12.1 Å². The van der Waals surface area contributed by atoms with Gasteiger partial charge in [-0.2, -0.15) is 5.26 Å². The number of nitrogens with zero attached hydrogens (tertiary/aromatic N) is 2. The van der Waals surface area contributed by atoms with E-state index in [-0.39, 0.29) is 24.1 Å². The average Bonchev–Trinajstić information content (AvgIpc) is 3.22. The van der Waals surface area contributed by atoms with Crippen molar-refractivity contribution in [2.75, 3.05) is 6.61 Å². The predicted molar refractivity (Wildman–Crippen MR) is 68.8 cm³/mol. The van der Waals surface area contributed by atoms with Crippen LogP contribution in [-0.4, -0.2) is 23.6 Å². The molecule has 1 atom stereocenters. The summed E-state index contributed by atoms with van der Waals surface area (Å²) in [7, 11) is 0. The van der Waals surface area contributed by atoms with Gasteiger partial charge in [0, 0.05) is 18.5 Å². The monoisotopic (exact) mass is 261 g/mol. The summed E-state index contributed by atoms with van der Waals surface area (Å²) in [5.74, 6) is 0.246. The number of para-hydroxylation sites is 2. The fraction of sp³-hybridized carbons (Fsp3) is 0.462. The zero-order valence-electron chi connectivity index (χ0n) is 10.4. The van der Waals surface area contributed by atoms with Gasteiger partial charge in [0.15, 0.2) is 5.75 Å². The zero-order valence-corrected chi connectivity index (χ0v) is 10.4. The molecule has 1 aromatic carbocycles. The molecular weight excluding hydrogens is 246 g/mol. The van der Waals surface area contributed by atoms with Gasteiger partial charge in [-0.25, -0.2) is 0 Å². The van der Waals surface area contributed by atoms with Crippen molar-refractivity contribution in [2.24, 2.45) is 0 Å². The van der Waals surface area contributed by atoms with Crippen LogP contribution in [0.4, 0.5) is 5.69 Å². The minimum Gasteiger partial charge on any atom is -0.487 e. The molecule has 2 rings (SSSR count). The minimum absolute atomic E-state index is 0.0499. The van der Waals surface area contributed by atoms with Crippen LogP contribution in [0, 0.1) is 21.4 Å². The molecule has 0 amide bonds. The van der Waals surface area contributed by atoms with Crippen molar-refractivity contribution in [1.29, 1.82) is 5.26 Å². The maximum absolute atomic E-state index is 10.8. The molecule has 1 fully saturated rings. The molecule has 19 heavy (non-hydrogen) atoms. The Morgan fingerprint density at radius 2 is 2.26 bits per heavy atom. The second-order valence-electron chi connectivity index (χ2n) is 4.48. The van der Waals surface area contributed by atoms with Gasteiger partial charge < -0.3 is 4.74 Å². The van der Waals surface area contributed by atoms with Crippen LogP contribution in [0.15, 0.2) is 24.3 Å². The molecule has 0 saturated heterocycles. The zero-order chi connectivity index (χ0) is 13.7. The first-order valence-electron chi connectivity index (χ1n) is 6.22. The number of nitro groups is 1. The smallest absolute Gasteiger partial charge is 0.310 e. The van der Waals surface area contributed by atoms with Crippen LogP contribution < -0.4 is 10.1 Å². The number of nitriles is 1. The van der Waals surface area contributed by atoms with Crippen LogP contribution in [0.2, 0.25) is 0 Å². The van der Waals surface area contributed by atoms with E-state index in [1.165, 1.54) is 6.07 Å². The molecule has 1 aliphatic carbocycles. The van der Waals surface area contributed by atoms with Crippen LogP contribution in [0.5, 0.6) is 5.75 Å². The molecule has 0 bridgehead atoms. The second-order valence-corrected chi connectivity index (χ2v) is 4.48. The molecule has 1 aliphatic rings. The molecule has 1 N–H and O–H groups in total. The SMILES string of the molecule is N#CC(CCOc1ccccc1[N+](=O)[O-])NC1CC1. The highest BCUT2D eigenvalue weighted by Crippen LogP contribution is 2.26. The van der Waals surface area contributed by atoms with E-state index >= 15 is 0 Å². The largest absolute Gasteiger partial charge is 0.487 e. The van der Waals surface area contributed by atoms with Gasteiger partial charge in [0.1, 0.15) is 0 Å². The van der Waals surface area contributed by atoms with Crippen LogP contribution in [0.25, 0.3) is 0 Å². The fourth-order valence-electron chi connectivity index (χ4n) is 1.74. The van der Waals surface area contributed by atoms with Gasteiger partial charge in [0.05, 0.1) is 23.6 Å². The van der Waals surface area contributed by atoms with Crippen LogP contribution in [0.1, 0.15) is 19.3 Å². The average molecular weight is 261 g/mol. The molecule has 1 saturated carbocycles. The van der Waals surface area contributed by atoms with Crippen molar-refractivity contribution >= 4 is 5.69 Å². The Morgan fingerprint density at radius 1 is 1.53 bits per heavy atom. The van der Waals surface area contributed by atoms with Gasteiger partial charge >= 0.3 is 5.69 Å². The van der Waals surface area contributed by atoms with Crippen molar-refractivity contribution < 1.29 is 9.66 Å². The summed E-state index contributed by atoms with van der Waals surface area (Å²) in [5.41, 5.74) is -0.0499. The van der Waals surface area contributed by atoms with Gasteiger partial charge in [-0.05, 0) is 18.9 Å². The van der Waals surface area contributed by atoms with Gasteiger partial charge in [0.2, 0.25) is 0 Å². The normalized spacial score (nSPS) is 15.5. The van der Waals surface area contributed by atoms with E-state index < -0.39 is 4.92 Å². The predicted octanol–water partition coefficient (Wildman–Crippen LogP) is 2.01. The molecule has 0 radical (unpaired) electrons. The van der Waals surface area contributed by atoms with Gasteiger partial charge in [-0.3, -0.25) is 15.4 Å². The number of nitro benzene ring substituents is 1. The number of nitrogens with one attached hydrogen (secondary N) is 1. The first-order chi connectivity index (χ1) is 9.20. The fourth-order valence-corrected chi connectivity index (χ4v) is 1.74. The van der Waals surface area contributed by atoms with Crippen molar-refractivity contribution in [3.63, 3.8) is 0 Å². The summed E-state index contributed by atoms with van der Waals surface area (Å²) < 4.78 is 5.40. The molecule has 0 spiro atoms. The van der Waals surface area contributed by atoms with Crippen LogP contribution >= 0.6 is 0 Å². The summed E-state index contributed by atoms with van der Waals surface area (Å²) in [5, 5.41) is 22.9. The van der Waals surface area contributed by atoms with E-state index in [1.54, 1.807) is 18.2 Å². The van der Waals surface area contributed by atoms with Crippen LogP contribution in [0.3, 0.4) is 0 Å². The molecule has 6 nitrogen and oxygen atoms in total. The summed E-state index contributed by atoms with van der Waals surface area (Å²) in [6.45, 7) is 0.281. The molecule has 0 aliphatic heterocycles. The van der Waals surface area contributed by atoms with E-state index in [9.17, 15) is 10.1 Å². The quantitative estimate of drug-likeness (QED) is 0.599. The molecule has 1 aromatic rings. The number of ether oxygens (including phenoxy) is 1. The highest BCUT2D eigenvalue weighted by atomic mass is 16.6. The van der Waals surface area contributed by atoms with Crippen molar-refractivity contribution in [2.45, 2.75) is 31.3 Å². The highest BCUT2D eigenvalue weighted by Gasteiger charge is 2.24. The molecular formula is C13H15N3O3. The van der Waals surface area contributed by atoms with E-state index in [1.807, 2.05) is 0 Å². The number of hydrogen-bond acceptors (Lipinski definition) is 5. The Morgan fingerprint density at radius 3 is 2.89 bits per heavy atom. The lowest BCUT2D eigenvalue weighted by atomic mass is 10.2. The summed E-state index contributed by atoms with van der Waals surface area (Å²) in [6, 6.07) is 8.62. The lowest BCUT2D eigenvalue weighted by molar-refractivity contribution is -0.385. The third-order valence-corrected chi connectivity index (χ3v) is 2.90. The van der Waals surface area contributed by atoms with Crippen molar-refractivity contribution in [3.8, 4) is 11.8 Å². The third kappa shape index (κ3) is 3.93. The van der Waals surface area contributed by atoms with E-state index in [0.717, 1.165) is 12.8 Å². The molecule has 6 heteroatoms. The summed E-state index contributed by atoms with van der Waals surface area (Å²) in [6.07, 6.45) is 2.74. The summed E-state index contributed by atoms with van der Waals surface area (Å²) in [4.78, 5) is 10.3. The third-order valence-electron chi connectivity index (χ3n) is 2.90. The standard InChI is InChI=1S/C13H15N3O3/c14-9-11(15-10-5-6-10)7-8-19-13-4-2-1-3-12(13)16(17)18/h1-4,10-11,15H,5-8H2. The van der Waals surface area contributed by atoms with E-state index in [0.29, 0.717) is 12.5 Å². The topological polar surface area (TPSA) is 88.2 Å². The van der Waals surface area contributed by atoms with E-state index in [2.05, 4.69) is 11.4 Å². The maximum Gasteiger partial charge on any atom is 0.310 e. The molecule has 1 unspecified atom stereocenters. The van der Waals surface area contributed by atoms with Crippen molar-refractivity contribution in [1.82, 2.24) is 5.32 Å². The Hall–Kier alpha value is -2.13. The Bertz CT molecular complexity index is 494. The first kappa shape index (κ1) is 13.3. The minimum atomic E-state index is -0.473. The highest BCUT2D eigenvalue weighted by molar-refractivity contribution is 5.45. The lowest BCUT2D eigenvalue weighted by Crippen LogP contribution is -2.31. The second kappa shape index (κ2) is 6.16. The van der Waals surface area contributed by atoms with E-state index in [4.69, 9.17) is 10.00 Å². The lowest BCUT2D eigenvalue weighted by Gasteiger charge is -2.11. The van der Waals surface area contributed by atoms with Gasteiger partial charge in [-0.15, -0.1) is 0 Å². The number of hydrogen-bond donors (Lipinski definition) is 1. The maximum atomic E-state index is 10.8. The van der Waals surface area contributed by atoms with Crippen molar-refractivity contribution in [3.05, 3.63) is 34.4 Å². The molecule has 100 valence electrons. The number of rotatable bonds is 7.